The minimum Gasteiger partial charge on any atom is -0.595 e. The zero-order valence-corrected chi connectivity index (χ0v) is 9.24. The molecule has 1 aromatic heterocycles. The molecule has 6 heteroatoms. The highest BCUT2D eigenvalue weighted by Gasteiger charge is 2.08. The van der Waals surface area contributed by atoms with Crippen LogP contribution in [0, 0.1) is 5.21 Å². The third-order valence-electron chi connectivity index (χ3n) is 2.23. The van der Waals surface area contributed by atoms with E-state index in [9.17, 15) is 10.0 Å². The van der Waals surface area contributed by atoms with Gasteiger partial charge in [0, 0.05) is 24.5 Å². The van der Waals surface area contributed by atoms with Gasteiger partial charge in [-0.2, -0.15) is 5.23 Å². The minimum absolute atomic E-state index is 0.138. The molecule has 92 valence electrons. The average molecular weight is 246 g/mol. The van der Waals surface area contributed by atoms with Gasteiger partial charge in [0.25, 0.3) is 0 Å². The first-order valence-electron chi connectivity index (χ1n) is 5.12. The molecular weight excluding hydrogens is 236 g/mol. The van der Waals surface area contributed by atoms with Gasteiger partial charge in [-0.3, -0.25) is 4.98 Å². The summed E-state index contributed by atoms with van der Waals surface area (Å²) >= 11 is 0. The Morgan fingerprint density at radius 2 is 1.78 bits per heavy atom. The number of ether oxygens (including phenoxy) is 1. The smallest absolute Gasteiger partial charge is 0.343 e. The van der Waals surface area contributed by atoms with E-state index in [-0.39, 0.29) is 5.69 Å². The normalized spacial score (nSPS) is 11.9. The number of nitrogens with zero attached hydrogens (tertiary/aromatic N) is 1. The van der Waals surface area contributed by atoms with Gasteiger partial charge in [-0.25, -0.2) is 10.0 Å². The van der Waals surface area contributed by atoms with Crippen molar-refractivity contribution >= 4 is 11.7 Å². The summed E-state index contributed by atoms with van der Waals surface area (Å²) in [5.41, 5.74) is 0.519. The van der Waals surface area contributed by atoms with Gasteiger partial charge in [0.1, 0.15) is 5.75 Å². The molecule has 1 aromatic carbocycles. The number of benzene rings is 1. The minimum atomic E-state index is -1.03. The molecule has 1 unspecified atom stereocenters. The second-order valence-corrected chi connectivity index (χ2v) is 3.45. The lowest BCUT2D eigenvalue weighted by molar-refractivity contribution is -0.991. The molecule has 0 amide bonds. The second kappa shape index (κ2) is 5.37. The predicted octanol–water partition coefficient (Wildman–Crippen LogP) is 0.704. The van der Waals surface area contributed by atoms with Gasteiger partial charge in [0.15, 0.2) is 5.69 Å². The molecule has 0 spiro atoms. The number of carbonyl (C=O) groups excluding carboxylic acids is 1. The Kier molecular flexibility index (Phi) is 3.63. The van der Waals surface area contributed by atoms with Crippen LogP contribution in [0.3, 0.4) is 0 Å². The summed E-state index contributed by atoms with van der Waals surface area (Å²) in [6, 6.07) is 8.68. The van der Waals surface area contributed by atoms with Crippen LogP contribution in [0.25, 0.3) is 0 Å². The summed E-state index contributed by atoms with van der Waals surface area (Å²) in [5.74, 6) is -0.220. The maximum atomic E-state index is 11.7. The molecule has 0 bridgehead atoms. The van der Waals surface area contributed by atoms with E-state index in [1.165, 1.54) is 48.8 Å². The van der Waals surface area contributed by atoms with Gasteiger partial charge >= 0.3 is 5.97 Å². The Hall–Kier alpha value is -2.28. The number of aromatic nitrogens is 1. The number of carbonyl (C=O) groups is 1. The van der Waals surface area contributed by atoms with Crippen LogP contribution >= 0.6 is 0 Å². The van der Waals surface area contributed by atoms with Crippen molar-refractivity contribution in [2.75, 3.05) is 0 Å². The molecule has 0 aliphatic rings. The molecule has 0 aliphatic carbocycles. The highest BCUT2D eigenvalue weighted by molar-refractivity contribution is 5.90. The van der Waals surface area contributed by atoms with Crippen molar-refractivity contribution in [3.05, 3.63) is 59.6 Å². The number of quaternary nitrogens is 1. The molecule has 6 nitrogen and oxygen atoms in total. The molecule has 2 aromatic rings. The van der Waals surface area contributed by atoms with Crippen LogP contribution in [0.4, 0.5) is 5.69 Å². The molecule has 2 N–H and O–H groups in total. The monoisotopic (exact) mass is 246 g/mol. The maximum Gasteiger partial charge on any atom is 0.343 e. The third kappa shape index (κ3) is 2.89. The standard InChI is InChI=1S/C12H10N2O4/c15-12(9-5-7-13-8-6-9)18-11-3-1-10(2-4-11)14(16)17/h1-8,14,16H. The second-order valence-electron chi connectivity index (χ2n) is 3.45. The summed E-state index contributed by atoms with van der Waals surface area (Å²) in [4.78, 5) is 15.5. The van der Waals surface area contributed by atoms with Gasteiger partial charge in [-0.05, 0) is 24.3 Å². The van der Waals surface area contributed by atoms with Crippen molar-refractivity contribution < 1.29 is 20.0 Å². The van der Waals surface area contributed by atoms with Crippen LogP contribution in [0.2, 0.25) is 0 Å². The van der Waals surface area contributed by atoms with Crippen LogP contribution in [0.1, 0.15) is 10.4 Å². The zero-order valence-electron chi connectivity index (χ0n) is 9.24. The van der Waals surface area contributed by atoms with E-state index in [0.29, 0.717) is 11.3 Å². The van der Waals surface area contributed by atoms with Crippen LogP contribution in [0.15, 0.2) is 48.8 Å². The Morgan fingerprint density at radius 3 is 2.33 bits per heavy atom. The van der Waals surface area contributed by atoms with E-state index in [1.807, 2.05) is 0 Å². The van der Waals surface area contributed by atoms with Crippen molar-refractivity contribution in [1.29, 1.82) is 0 Å². The molecule has 0 fully saturated rings. The lowest BCUT2D eigenvalue weighted by Crippen LogP contribution is -2.99. The topological polar surface area (TPSA) is 86.9 Å². The van der Waals surface area contributed by atoms with E-state index in [2.05, 4.69) is 4.98 Å². The number of nitrogens with one attached hydrogen (secondary N) is 1. The largest absolute Gasteiger partial charge is 0.595 e. The summed E-state index contributed by atoms with van der Waals surface area (Å²) in [6.45, 7) is 0. The molecular formula is C12H10N2O4. The van der Waals surface area contributed by atoms with Gasteiger partial charge in [-0.1, -0.05) is 0 Å². The molecule has 2 rings (SSSR count). The van der Waals surface area contributed by atoms with Crippen molar-refractivity contribution in [2.24, 2.45) is 0 Å². The van der Waals surface area contributed by atoms with Crippen LogP contribution in [-0.4, -0.2) is 16.2 Å². The van der Waals surface area contributed by atoms with Crippen molar-refractivity contribution in [1.82, 2.24) is 4.98 Å². The summed E-state index contributed by atoms with van der Waals surface area (Å²) < 4.78 is 5.08. The van der Waals surface area contributed by atoms with Gasteiger partial charge in [-0.15, -0.1) is 0 Å². The molecule has 1 heterocycles. The van der Waals surface area contributed by atoms with Crippen molar-refractivity contribution in [3.8, 4) is 5.75 Å². The first kappa shape index (κ1) is 12.2. The van der Waals surface area contributed by atoms with E-state index in [0.717, 1.165) is 0 Å². The Morgan fingerprint density at radius 1 is 1.17 bits per heavy atom. The van der Waals surface area contributed by atoms with E-state index in [4.69, 9.17) is 9.94 Å². The van der Waals surface area contributed by atoms with Gasteiger partial charge in [0.2, 0.25) is 0 Å². The summed E-state index contributed by atoms with van der Waals surface area (Å²) in [6.07, 6.45) is 2.98. The van der Waals surface area contributed by atoms with E-state index < -0.39 is 11.2 Å². The number of esters is 1. The Labute approximate surface area is 103 Å². The Balaban J connectivity index is 2.08. The van der Waals surface area contributed by atoms with Crippen LogP contribution in [0.5, 0.6) is 5.75 Å². The fraction of sp³-hybridized carbons (Fsp3) is 0. The fourth-order valence-electron chi connectivity index (χ4n) is 1.32. The fourth-order valence-corrected chi connectivity index (χ4v) is 1.32. The average Bonchev–Trinajstić information content (AvgIpc) is 2.40. The number of hydrogen-bond donors (Lipinski definition) is 2. The molecule has 0 aliphatic heterocycles. The summed E-state index contributed by atoms with van der Waals surface area (Å²) in [7, 11) is 0. The number of hydrogen-bond acceptors (Lipinski definition) is 5. The number of pyridine rings is 1. The highest BCUT2D eigenvalue weighted by Crippen LogP contribution is 2.14. The highest BCUT2D eigenvalue weighted by atomic mass is 16.8. The Bertz CT molecular complexity index is 526. The van der Waals surface area contributed by atoms with Crippen LogP contribution in [-0.2, 0) is 0 Å². The van der Waals surface area contributed by atoms with E-state index in [1.54, 1.807) is 0 Å². The quantitative estimate of drug-likeness (QED) is 0.473. The SMILES string of the molecule is O=C(Oc1ccc([NH+]([O-])O)cc1)c1ccncc1. The first-order valence-corrected chi connectivity index (χ1v) is 5.12. The van der Waals surface area contributed by atoms with Gasteiger partial charge in [0.05, 0.1) is 5.56 Å². The molecule has 1 atom stereocenters. The van der Waals surface area contributed by atoms with E-state index >= 15 is 0 Å². The first-order chi connectivity index (χ1) is 8.66. The molecule has 0 saturated heterocycles. The molecule has 0 saturated carbocycles. The maximum absolute atomic E-state index is 11.7. The summed E-state index contributed by atoms with van der Waals surface area (Å²) in [5, 5.41) is 18.3. The zero-order chi connectivity index (χ0) is 13.0. The molecule has 18 heavy (non-hydrogen) atoms. The predicted molar refractivity (Wildman–Crippen MR) is 61.4 cm³/mol. The third-order valence-corrected chi connectivity index (χ3v) is 2.23. The molecule has 0 radical (unpaired) electrons. The van der Waals surface area contributed by atoms with Crippen LogP contribution < -0.4 is 9.96 Å². The number of rotatable bonds is 3. The van der Waals surface area contributed by atoms with Gasteiger partial charge < -0.3 is 9.94 Å². The lowest BCUT2D eigenvalue weighted by Gasteiger charge is -2.11. The van der Waals surface area contributed by atoms with Crippen molar-refractivity contribution in [2.45, 2.75) is 0 Å². The lowest BCUT2D eigenvalue weighted by atomic mass is 10.2. The van der Waals surface area contributed by atoms with Crippen molar-refractivity contribution in [3.63, 3.8) is 0 Å².